The molecule has 0 bridgehead atoms. The van der Waals surface area contributed by atoms with Gasteiger partial charge in [-0.2, -0.15) is 5.01 Å². The van der Waals surface area contributed by atoms with Crippen molar-refractivity contribution in [2.45, 2.75) is 90.7 Å². The number of carbonyl (C=O) groups is 3. The summed E-state index contributed by atoms with van der Waals surface area (Å²) in [5, 5.41) is 8.71. The molecule has 0 radical (unpaired) electrons. The standard InChI is InChI=1S/C36H36Cl3F5N4O4/c1-8-21(52-22-12-11-16(35(4,5)9-2)13-18(22)36(6,7)10-3)32(49)46-31-29(34(51)48(47-31)30-19(38)14-17(37)15-20(30)39)45-33(50)23-24(40)26(42)28(44)27(43)25(23)41/h11-15,21,29H,8-10H2,1-7H3,(H,45,50)(H,46,47,49). The molecule has 2 unspecified atom stereocenters. The minimum atomic E-state index is -2.49. The lowest BCUT2D eigenvalue weighted by Gasteiger charge is -2.31. The van der Waals surface area contributed by atoms with Gasteiger partial charge in [0.1, 0.15) is 17.0 Å². The van der Waals surface area contributed by atoms with Crippen LogP contribution in [-0.2, 0) is 20.4 Å². The minimum Gasteiger partial charge on any atom is -0.480 e. The number of nitrogens with one attached hydrogen (secondary N) is 2. The van der Waals surface area contributed by atoms with E-state index in [9.17, 15) is 36.3 Å². The summed E-state index contributed by atoms with van der Waals surface area (Å²) in [6.45, 7) is 14.1. The third kappa shape index (κ3) is 7.86. The molecule has 0 aliphatic carbocycles. The van der Waals surface area contributed by atoms with Crippen molar-refractivity contribution < 1.29 is 41.1 Å². The molecule has 4 rings (SSSR count). The third-order valence-electron chi connectivity index (χ3n) is 9.28. The van der Waals surface area contributed by atoms with E-state index in [1.165, 1.54) is 12.1 Å². The number of halogens is 8. The number of amides is 3. The van der Waals surface area contributed by atoms with Gasteiger partial charge >= 0.3 is 0 Å². The Hall–Kier alpha value is -3.94. The van der Waals surface area contributed by atoms with Crippen LogP contribution in [0.1, 0.15) is 89.2 Å². The summed E-state index contributed by atoms with van der Waals surface area (Å²) in [5.74, 6) is -16.2. The average molecular weight is 790 g/mol. The number of amidine groups is 1. The zero-order valence-electron chi connectivity index (χ0n) is 29.2. The molecule has 8 nitrogen and oxygen atoms in total. The molecule has 16 heteroatoms. The van der Waals surface area contributed by atoms with Crippen molar-refractivity contribution in [1.82, 2.24) is 10.6 Å². The summed E-state index contributed by atoms with van der Waals surface area (Å²) in [7, 11) is 0. The Morgan fingerprint density at radius 1 is 0.865 bits per heavy atom. The number of carbonyl (C=O) groups excluding carboxylic acids is 3. The summed E-state index contributed by atoms with van der Waals surface area (Å²) in [4.78, 5) is 40.6. The van der Waals surface area contributed by atoms with Crippen molar-refractivity contribution in [3.05, 3.63) is 91.2 Å². The molecular weight excluding hydrogens is 754 g/mol. The Kier molecular flexibility index (Phi) is 12.2. The molecule has 280 valence electrons. The van der Waals surface area contributed by atoms with Crippen LogP contribution in [-0.4, -0.2) is 35.7 Å². The van der Waals surface area contributed by atoms with E-state index >= 15 is 0 Å². The number of benzene rings is 3. The second kappa shape index (κ2) is 15.6. The number of hydrogen-bond acceptors (Lipinski definition) is 5. The van der Waals surface area contributed by atoms with E-state index in [-0.39, 0.29) is 38.0 Å². The Morgan fingerprint density at radius 3 is 1.92 bits per heavy atom. The van der Waals surface area contributed by atoms with Crippen LogP contribution >= 0.6 is 34.8 Å². The van der Waals surface area contributed by atoms with Crippen LogP contribution in [0.2, 0.25) is 15.1 Å². The predicted octanol–water partition coefficient (Wildman–Crippen LogP) is 9.15. The highest BCUT2D eigenvalue weighted by atomic mass is 35.5. The van der Waals surface area contributed by atoms with Gasteiger partial charge in [-0.15, -0.1) is 5.10 Å². The Labute approximate surface area is 312 Å². The first kappa shape index (κ1) is 40.8. The Morgan fingerprint density at radius 2 is 1.40 bits per heavy atom. The van der Waals surface area contributed by atoms with Crippen LogP contribution in [0.5, 0.6) is 5.75 Å². The second-order valence-electron chi connectivity index (χ2n) is 13.4. The molecule has 2 N–H and O–H groups in total. The molecule has 3 aromatic carbocycles. The molecule has 1 heterocycles. The SMILES string of the molecule is CCC(Oc1ccc(C(C)(C)CC)cc1C(C)(C)CC)C(=O)NC1=NN(c2c(Cl)cc(Cl)cc2Cl)C(=O)C1NC(=O)c1c(F)c(F)c(F)c(F)c1F. The monoisotopic (exact) mass is 788 g/mol. The van der Waals surface area contributed by atoms with Crippen molar-refractivity contribution in [2.75, 3.05) is 5.01 Å². The molecule has 52 heavy (non-hydrogen) atoms. The van der Waals surface area contributed by atoms with Crippen LogP contribution in [0, 0.1) is 29.1 Å². The first-order valence-electron chi connectivity index (χ1n) is 16.2. The van der Waals surface area contributed by atoms with Crippen molar-refractivity contribution in [3.8, 4) is 5.75 Å². The van der Waals surface area contributed by atoms with Crippen LogP contribution in [0.15, 0.2) is 35.4 Å². The first-order valence-corrected chi connectivity index (χ1v) is 17.4. The van der Waals surface area contributed by atoms with E-state index in [1.807, 2.05) is 32.2 Å². The molecular formula is C36H36Cl3F5N4O4. The smallest absolute Gasteiger partial charge is 0.278 e. The predicted molar refractivity (Wildman–Crippen MR) is 190 cm³/mol. The fourth-order valence-corrected chi connectivity index (χ4v) is 6.22. The van der Waals surface area contributed by atoms with Crippen molar-refractivity contribution in [2.24, 2.45) is 5.10 Å². The molecule has 0 saturated heterocycles. The number of hydrogen-bond donors (Lipinski definition) is 2. The van der Waals surface area contributed by atoms with E-state index in [0.29, 0.717) is 10.8 Å². The lowest BCUT2D eigenvalue weighted by atomic mass is 9.76. The van der Waals surface area contributed by atoms with Gasteiger partial charge in [0.15, 0.2) is 41.3 Å². The summed E-state index contributed by atoms with van der Waals surface area (Å²) in [6, 6.07) is 6.14. The Balaban J connectivity index is 1.74. The number of nitrogens with zero attached hydrogens (tertiary/aromatic N) is 2. The topological polar surface area (TPSA) is 100 Å². The quantitative estimate of drug-likeness (QED) is 0.115. The van der Waals surface area contributed by atoms with E-state index in [0.717, 1.165) is 24.0 Å². The molecule has 3 aromatic rings. The molecule has 0 spiro atoms. The van der Waals surface area contributed by atoms with E-state index in [4.69, 9.17) is 39.5 Å². The Bertz CT molecular complexity index is 1920. The molecule has 2 atom stereocenters. The number of hydrazone groups is 1. The van der Waals surface area contributed by atoms with Crippen molar-refractivity contribution in [1.29, 1.82) is 0 Å². The highest BCUT2D eigenvalue weighted by Crippen LogP contribution is 2.40. The van der Waals surface area contributed by atoms with E-state index in [2.05, 4.69) is 37.3 Å². The number of ether oxygens (including phenoxy) is 1. The first-order chi connectivity index (χ1) is 24.2. The van der Waals surface area contributed by atoms with Gasteiger partial charge in [0.25, 0.3) is 17.7 Å². The zero-order chi connectivity index (χ0) is 39.0. The maximum Gasteiger partial charge on any atom is 0.278 e. The molecule has 0 saturated carbocycles. The highest BCUT2D eigenvalue weighted by Gasteiger charge is 2.43. The van der Waals surface area contributed by atoms with Crippen LogP contribution in [0.4, 0.5) is 27.6 Å². The van der Waals surface area contributed by atoms with Gasteiger partial charge in [-0.3, -0.25) is 14.4 Å². The fourth-order valence-electron chi connectivity index (χ4n) is 5.25. The van der Waals surface area contributed by atoms with Gasteiger partial charge in [0.05, 0.1) is 10.0 Å². The highest BCUT2D eigenvalue weighted by molar-refractivity contribution is 6.43. The summed E-state index contributed by atoms with van der Waals surface area (Å²) >= 11 is 18.6. The van der Waals surface area contributed by atoms with Crippen LogP contribution < -0.4 is 20.4 Å². The van der Waals surface area contributed by atoms with Gasteiger partial charge in [-0.1, -0.05) is 95.4 Å². The van der Waals surface area contributed by atoms with Crippen molar-refractivity contribution >= 4 is 64.0 Å². The molecule has 0 fully saturated rings. The van der Waals surface area contributed by atoms with E-state index < -0.39 is 70.4 Å². The number of rotatable bonds is 11. The average Bonchev–Trinajstić information content (AvgIpc) is 3.37. The normalized spacial score (nSPS) is 15.4. The van der Waals surface area contributed by atoms with Gasteiger partial charge in [-0.05, 0) is 53.9 Å². The lowest BCUT2D eigenvalue weighted by molar-refractivity contribution is -0.126. The summed E-state index contributed by atoms with van der Waals surface area (Å²) in [5.41, 5.74) is -0.719. The largest absolute Gasteiger partial charge is 0.480 e. The van der Waals surface area contributed by atoms with Crippen LogP contribution in [0.3, 0.4) is 0 Å². The van der Waals surface area contributed by atoms with Gasteiger partial charge < -0.3 is 15.4 Å². The van der Waals surface area contributed by atoms with Gasteiger partial charge in [0, 0.05) is 10.6 Å². The summed E-state index contributed by atoms with van der Waals surface area (Å²) < 4.78 is 77.1. The summed E-state index contributed by atoms with van der Waals surface area (Å²) in [6.07, 6.45) is 0.488. The molecule has 3 amide bonds. The third-order valence-corrected chi connectivity index (χ3v) is 10.1. The molecule has 1 aliphatic rings. The minimum absolute atomic E-state index is 0.0823. The zero-order valence-corrected chi connectivity index (χ0v) is 31.5. The van der Waals surface area contributed by atoms with Gasteiger partial charge in [-0.25, -0.2) is 22.0 Å². The molecule has 0 aromatic heterocycles. The van der Waals surface area contributed by atoms with E-state index in [1.54, 1.807) is 13.0 Å². The van der Waals surface area contributed by atoms with Gasteiger partial charge in [0.2, 0.25) is 5.82 Å². The van der Waals surface area contributed by atoms with Crippen LogP contribution in [0.25, 0.3) is 0 Å². The molecule has 1 aliphatic heterocycles. The van der Waals surface area contributed by atoms with Crippen molar-refractivity contribution in [3.63, 3.8) is 0 Å². The lowest BCUT2D eigenvalue weighted by Crippen LogP contribution is -2.53. The maximum atomic E-state index is 14.6. The maximum absolute atomic E-state index is 14.6. The fraction of sp³-hybridized carbons (Fsp3) is 0.389. The number of anilines is 1. The second-order valence-corrected chi connectivity index (χ2v) is 14.6.